The first-order chi connectivity index (χ1) is 11.0. The minimum Gasteiger partial charge on any atom is -0.497 e. The summed E-state index contributed by atoms with van der Waals surface area (Å²) in [6, 6.07) is 7.96. The van der Waals surface area contributed by atoms with Crippen LogP contribution in [0, 0.1) is 12.8 Å². The summed E-state index contributed by atoms with van der Waals surface area (Å²) >= 11 is 0. The van der Waals surface area contributed by atoms with Crippen LogP contribution in [0.15, 0.2) is 28.8 Å². The zero-order chi connectivity index (χ0) is 16.8. The molecule has 0 spiro atoms. The van der Waals surface area contributed by atoms with Crippen LogP contribution in [0.3, 0.4) is 0 Å². The third-order valence-corrected chi connectivity index (χ3v) is 3.88. The summed E-state index contributed by atoms with van der Waals surface area (Å²) in [5, 5.41) is 13.8. The van der Waals surface area contributed by atoms with Gasteiger partial charge in [0.2, 0.25) is 5.89 Å². The molecule has 23 heavy (non-hydrogen) atoms. The van der Waals surface area contributed by atoms with Crippen molar-refractivity contribution < 1.29 is 14.4 Å². The lowest BCUT2D eigenvalue weighted by atomic mass is 10.0. The van der Waals surface area contributed by atoms with Crippen molar-refractivity contribution in [2.45, 2.75) is 39.9 Å². The van der Waals surface area contributed by atoms with Crippen LogP contribution in [0.2, 0.25) is 0 Å². The minimum atomic E-state index is 0.0240. The van der Waals surface area contributed by atoms with E-state index in [1.54, 1.807) is 14.0 Å². The zero-order valence-electron chi connectivity index (χ0n) is 14.2. The monoisotopic (exact) mass is 319 g/mol. The molecule has 1 atom stereocenters. The summed E-state index contributed by atoms with van der Waals surface area (Å²) in [5.41, 5.74) is 1.14. The largest absolute Gasteiger partial charge is 0.497 e. The van der Waals surface area contributed by atoms with E-state index in [9.17, 15) is 5.11 Å². The Kier molecular flexibility index (Phi) is 6.12. The van der Waals surface area contributed by atoms with Gasteiger partial charge in [-0.1, -0.05) is 31.1 Å². The number of rotatable bonds is 8. The van der Waals surface area contributed by atoms with Gasteiger partial charge in [-0.3, -0.25) is 4.90 Å². The molecule has 1 heterocycles. The number of aromatic nitrogens is 2. The van der Waals surface area contributed by atoms with E-state index in [1.165, 1.54) is 0 Å². The highest BCUT2D eigenvalue weighted by Gasteiger charge is 2.23. The van der Waals surface area contributed by atoms with Crippen LogP contribution in [0.25, 0.3) is 0 Å². The predicted molar refractivity (Wildman–Crippen MR) is 87.0 cm³/mol. The highest BCUT2D eigenvalue weighted by Crippen LogP contribution is 2.19. The second kappa shape index (κ2) is 8.08. The van der Waals surface area contributed by atoms with E-state index < -0.39 is 0 Å². The van der Waals surface area contributed by atoms with Crippen molar-refractivity contribution in [3.8, 4) is 5.75 Å². The summed E-state index contributed by atoms with van der Waals surface area (Å²) < 4.78 is 10.2. The lowest BCUT2D eigenvalue weighted by molar-refractivity contribution is 0.0756. The van der Waals surface area contributed by atoms with E-state index >= 15 is 0 Å². The van der Waals surface area contributed by atoms with Gasteiger partial charge in [0.1, 0.15) is 5.75 Å². The molecule has 6 nitrogen and oxygen atoms in total. The second-order valence-electron chi connectivity index (χ2n) is 5.98. The Morgan fingerprint density at radius 3 is 2.39 bits per heavy atom. The number of aliphatic hydroxyl groups excluding tert-OH is 1. The smallest absolute Gasteiger partial charge is 0.223 e. The molecule has 1 N–H and O–H groups in total. The zero-order valence-corrected chi connectivity index (χ0v) is 14.2. The number of hydrogen-bond acceptors (Lipinski definition) is 6. The standard InChI is InChI=1S/C17H25N3O3/c1-12(2)16(11-21)20(10-17-18-13(3)23-19-17)9-14-5-7-15(22-4)8-6-14/h5-8,12,16,21H,9-11H2,1-4H3/t16-/m1/s1. The molecule has 2 aromatic rings. The van der Waals surface area contributed by atoms with E-state index in [1.807, 2.05) is 24.3 Å². The number of hydrogen-bond donors (Lipinski definition) is 1. The maximum absolute atomic E-state index is 9.78. The molecule has 0 aliphatic rings. The van der Waals surface area contributed by atoms with Crippen LogP contribution < -0.4 is 4.74 Å². The third-order valence-electron chi connectivity index (χ3n) is 3.88. The van der Waals surface area contributed by atoms with Crippen molar-refractivity contribution in [1.29, 1.82) is 0 Å². The minimum absolute atomic E-state index is 0.0240. The lowest BCUT2D eigenvalue weighted by Gasteiger charge is -2.32. The van der Waals surface area contributed by atoms with E-state index in [4.69, 9.17) is 9.26 Å². The summed E-state index contributed by atoms with van der Waals surface area (Å²) in [6.45, 7) is 7.29. The summed E-state index contributed by atoms with van der Waals surface area (Å²) in [6.07, 6.45) is 0. The van der Waals surface area contributed by atoms with Crippen LogP contribution in [-0.2, 0) is 13.1 Å². The molecule has 0 fully saturated rings. The molecule has 126 valence electrons. The van der Waals surface area contributed by atoms with Crippen molar-refractivity contribution in [3.63, 3.8) is 0 Å². The predicted octanol–water partition coefficient (Wildman–Crippen LogP) is 2.41. The van der Waals surface area contributed by atoms with Gasteiger partial charge >= 0.3 is 0 Å². The number of ether oxygens (including phenoxy) is 1. The molecule has 1 aromatic heterocycles. The molecule has 0 amide bonds. The van der Waals surface area contributed by atoms with Crippen LogP contribution in [0.5, 0.6) is 5.75 Å². The molecular formula is C17H25N3O3. The molecular weight excluding hydrogens is 294 g/mol. The van der Waals surface area contributed by atoms with Crippen LogP contribution in [-0.4, -0.2) is 39.9 Å². The summed E-state index contributed by atoms with van der Waals surface area (Å²) in [7, 11) is 1.65. The van der Waals surface area contributed by atoms with Crippen molar-refractivity contribution >= 4 is 0 Å². The Balaban J connectivity index is 2.17. The molecule has 0 aliphatic carbocycles. The van der Waals surface area contributed by atoms with E-state index in [0.717, 1.165) is 11.3 Å². The molecule has 6 heteroatoms. The van der Waals surface area contributed by atoms with Gasteiger partial charge in [-0.2, -0.15) is 4.98 Å². The fourth-order valence-corrected chi connectivity index (χ4v) is 2.59. The summed E-state index contributed by atoms with van der Waals surface area (Å²) in [4.78, 5) is 6.45. The van der Waals surface area contributed by atoms with Gasteiger partial charge in [0, 0.05) is 19.5 Å². The van der Waals surface area contributed by atoms with Crippen LogP contribution in [0.4, 0.5) is 0 Å². The molecule has 0 bridgehead atoms. The van der Waals surface area contributed by atoms with Crippen molar-refractivity contribution in [2.75, 3.05) is 13.7 Å². The number of methoxy groups -OCH3 is 1. The molecule has 0 saturated heterocycles. The van der Waals surface area contributed by atoms with E-state index in [2.05, 4.69) is 28.9 Å². The average Bonchev–Trinajstić information content (AvgIpc) is 2.93. The molecule has 0 aliphatic heterocycles. The van der Waals surface area contributed by atoms with Crippen molar-refractivity contribution in [3.05, 3.63) is 41.5 Å². The Bertz CT molecular complexity index is 595. The fraction of sp³-hybridized carbons (Fsp3) is 0.529. The average molecular weight is 319 g/mol. The van der Waals surface area contributed by atoms with Crippen LogP contribution >= 0.6 is 0 Å². The van der Waals surface area contributed by atoms with Gasteiger partial charge < -0.3 is 14.4 Å². The third kappa shape index (κ3) is 4.77. The van der Waals surface area contributed by atoms with Gasteiger partial charge in [0.25, 0.3) is 0 Å². The first kappa shape index (κ1) is 17.4. The Hall–Kier alpha value is -1.92. The highest BCUT2D eigenvalue weighted by atomic mass is 16.5. The molecule has 0 saturated carbocycles. The van der Waals surface area contributed by atoms with Gasteiger partial charge in [-0.05, 0) is 23.6 Å². The Labute approximate surface area is 137 Å². The molecule has 1 aromatic carbocycles. The van der Waals surface area contributed by atoms with Crippen molar-refractivity contribution in [1.82, 2.24) is 15.0 Å². The van der Waals surface area contributed by atoms with Crippen molar-refractivity contribution in [2.24, 2.45) is 5.92 Å². The number of benzene rings is 1. The van der Waals surface area contributed by atoms with Crippen LogP contribution in [0.1, 0.15) is 31.1 Å². The molecule has 0 radical (unpaired) electrons. The first-order valence-corrected chi connectivity index (χ1v) is 7.80. The number of aryl methyl sites for hydroxylation is 1. The molecule has 0 unspecified atom stereocenters. The van der Waals surface area contributed by atoms with Gasteiger partial charge in [0.05, 0.1) is 20.3 Å². The quantitative estimate of drug-likeness (QED) is 0.805. The molecule has 2 rings (SSSR count). The summed E-state index contributed by atoms with van der Waals surface area (Å²) in [5.74, 6) is 2.33. The SMILES string of the molecule is COc1ccc(CN(Cc2noc(C)n2)[C@H](CO)C(C)C)cc1. The van der Waals surface area contributed by atoms with Gasteiger partial charge in [0.15, 0.2) is 5.82 Å². The van der Waals surface area contributed by atoms with E-state index in [-0.39, 0.29) is 12.6 Å². The normalized spacial score (nSPS) is 12.8. The lowest BCUT2D eigenvalue weighted by Crippen LogP contribution is -2.41. The number of nitrogens with zero attached hydrogens (tertiary/aromatic N) is 3. The fourth-order valence-electron chi connectivity index (χ4n) is 2.59. The Morgan fingerprint density at radius 1 is 1.22 bits per heavy atom. The second-order valence-corrected chi connectivity index (χ2v) is 5.98. The van der Waals surface area contributed by atoms with E-state index in [0.29, 0.717) is 30.7 Å². The number of aliphatic hydroxyl groups is 1. The topological polar surface area (TPSA) is 71.6 Å². The first-order valence-electron chi connectivity index (χ1n) is 7.80. The van der Waals surface area contributed by atoms with Gasteiger partial charge in [-0.25, -0.2) is 0 Å². The highest BCUT2D eigenvalue weighted by molar-refractivity contribution is 5.27. The van der Waals surface area contributed by atoms with Gasteiger partial charge in [-0.15, -0.1) is 0 Å². The maximum Gasteiger partial charge on any atom is 0.223 e. The maximum atomic E-state index is 9.78. The Morgan fingerprint density at radius 2 is 1.91 bits per heavy atom.